The second kappa shape index (κ2) is 5.67. The Labute approximate surface area is 110 Å². The van der Waals surface area contributed by atoms with Crippen LogP contribution in [0.3, 0.4) is 0 Å². The predicted octanol–water partition coefficient (Wildman–Crippen LogP) is 2.84. The molecule has 0 unspecified atom stereocenters. The Morgan fingerprint density at radius 2 is 2.19 bits per heavy atom. The average molecular weight is 338 g/mol. The quantitative estimate of drug-likeness (QED) is 0.335. The predicted molar refractivity (Wildman–Crippen MR) is 69.7 cm³/mol. The van der Waals surface area contributed by atoms with Crippen molar-refractivity contribution >= 4 is 28.6 Å². The summed E-state index contributed by atoms with van der Waals surface area (Å²) in [6.07, 6.45) is 6.99. The topological polar surface area (TPSA) is 35.5 Å². The Bertz CT molecular complexity index is 257. The highest BCUT2D eigenvalue weighted by molar-refractivity contribution is 14.1. The van der Waals surface area contributed by atoms with Gasteiger partial charge in [-0.25, -0.2) is 0 Å². The van der Waals surface area contributed by atoms with Gasteiger partial charge in [-0.1, -0.05) is 55.2 Å². The summed E-state index contributed by atoms with van der Waals surface area (Å²) in [5, 5.41) is 0. The molecule has 92 valence electrons. The minimum atomic E-state index is -0.0962. The van der Waals surface area contributed by atoms with E-state index in [0.717, 1.165) is 6.42 Å². The molecule has 0 N–H and O–H groups in total. The fourth-order valence-electron chi connectivity index (χ4n) is 2.46. The second-order valence-corrected chi connectivity index (χ2v) is 6.10. The smallest absolute Gasteiger partial charge is 0.308 e. The van der Waals surface area contributed by atoms with Crippen molar-refractivity contribution in [1.29, 1.82) is 0 Å². The maximum absolute atomic E-state index is 11.1. The normalized spacial score (nSPS) is 37.5. The Morgan fingerprint density at radius 1 is 1.38 bits per heavy atom. The molecule has 4 atom stereocenters. The first-order chi connectivity index (χ1) is 7.72. The molecule has 2 aliphatic heterocycles. The highest BCUT2D eigenvalue weighted by atomic mass is 127. The van der Waals surface area contributed by atoms with Crippen molar-refractivity contribution < 1.29 is 14.3 Å². The Hall–Kier alpha value is 0.160. The van der Waals surface area contributed by atoms with Crippen molar-refractivity contribution in [3.63, 3.8) is 0 Å². The summed E-state index contributed by atoms with van der Waals surface area (Å²) >= 11 is 2.38. The molecule has 0 spiro atoms. The van der Waals surface area contributed by atoms with E-state index >= 15 is 0 Å². The van der Waals surface area contributed by atoms with E-state index in [9.17, 15) is 4.79 Å². The van der Waals surface area contributed by atoms with Gasteiger partial charge in [0.2, 0.25) is 0 Å². The Balaban J connectivity index is 1.75. The molecule has 0 bridgehead atoms. The summed E-state index contributed by atoms with van der Waals surface area (Å²) in [4.78, 5) is 11.1. The van der Waals surface area contributed by atoms with E-state index in [0.29, 0.717) is 16.4 Å². The average Bonchev–Trinajstić information content (AvgIpc) is 2.74. The zero-order chi connectivity index (χ0) is 11.5. The lowest BCUT2D eigenvalue weighted by atomic mass is 10.1. The molecule has 0 amide bonds. The van der Waals surface area contributed by atoms with Crippen LogP contribution < -0.4 is 0 Å². The number of esters is 1. The fourth-order valence-corrected chi connectivity index (χ4v) is 3.60. The molecule has 0 aromatic heterocycles. The number of hydrogen-bond acceptors (Lipinski definition) is 3. The van der Waals surface area contributed by atoms with E-state index in [1.54, 1.807) is 0 Å². The number of rotatable bonds is 5. The van der Waals surface area contributed by atoms with Gasteiger partial charge in [0.1, 0.15) is 12.2 Å². The summed E-state index contributed by atoms with van der Waals surface area (Å²) in [5.74, 6) is -0.0962. The highest BCUT2D eigenvalue weighted by Gasteiger charge is 2.49. The fraction of sp³-hybridized carbons (Fsp3) is 0.917. The lowest BCUT2D eigenvalue weighted by Crippen LogP contribution is -2.26. The van der Waals surface area contributed by atoms with Crippen LogP contribution in [0.5, 0.6) is 0 Å². The van der Waals surface area contributed by atoms with Crippen LogP contribution >= 0.6 is 22.6 Å². The number of carbonyl (C=O) groups excluding carboxylic acids is 1. The SMILES string of the molecule is CCCCCC[C@@H]1O[C@@H]2CC(=O)O[C@@H]2[C@H]1I. The van der Waals surface area contributed by atoms with Gasteiger partial charge in [0.05, 0.1) is 16.4 Å². The largest absolute Gasteiger partial charge is 0.458 e. The van der Waals surface area contributed by atoms with Gasteiger partial charge < -0.3 is 9.47 Å². The van der Waals surface area contributed by atoms with Crippen molar-refractivity contribution in [1.82, 2.24) is 0 Å². The summed E-state index contributed by atoms with van der Waals surface area (Å²) in [7, 11) is 0. The minimum Gasteiger partial charge on any atom is -0.458 e. The van der Waals surface area contributed by atoms with Crippen LogP contribution in [0.4, 0.5) is 0 Å². The maximum atomic E-state index is 11.1. The first-order valence-electron chi connectivity index (χ1n) is 6.21. The molecule has 0 radical (unpaired) electrons. The van der Waals surface area contributed by atoms with Crippen LogP contribution in [0.25, 0.3) is 0 Å². The number of unbranched alkanes of at least 4 members (excludes halogenated alkanes) is 3. The lowest BCUT2D eigenvalue weighted by molar-refractivity contribution is -0.141. The number of carbonyl (C=O) groups is 1. The van der Waals surface area contributed by atoms with Gasteiger partial charge in [-0.3, -0.25) is 4.79 Å². The third kappa shape index (κ3) is 2.70. The van der Waals surface area contributed by atoms with Crippen molar-refractivity contribution in [2.75, 3.05) is 0 Å². The van der Waals surface area contributed by atoms with Crippen LogP contribution in [-0.2, 0) is 14.3 Å². The molecular weight excluding hydrogens is 319 g/mol. The zero-order valence-electron chi connectivity index (χ0n) is 9.65. The maximum Gasteiger partial charge on any atom is 0.308 e. The summed E-state index contributed by atoms with van der Waals surface area (Å²) in [6.45, 7) is 2.22. The third-order valence-electron chi connectivity index (χ3n) is 3.36. The van der Waals surface area contributed by atoms with E-state index < -0.39 is 0 Å². The molecule has 4 heteroatoms. The van der Waals surface area contributed by atoms with Gasteiger partial charge in [-0.05, 0) is 6.42 Å². The lowest BCUT2D eigenvalue weighted by Gasteiger charge is -2.15. The summed E-state index contributed by atoms with van der Waals surface area (Å²) in [5.41, 5.74) is 0. The van der Waals surface area contributed by atoms with E-state index in [-0.39, 0.29) is 18.2 Å². The number of alkyl halides is 1. The van der Waals surface area contributed by atoms with Crippen molar-refractivity contribution in [3.8, 4) is 0 Å². The third-order valence-corrected chi connectivity index (χ3v) is 4.87. The summed E-state index contributed by atoms with van der Waals surface area (Å²) < 4.78 is 11.5. The van der Waals surface area contributed by atoms with Crippen molar-refractivity contribution in [2.45, 2.75) is 67.7 Å². The molecule has 0 saturated carbocycles. The summed E-state index contributed by atoms with van der Waals surface area (Å²) in [6, 6.07) is 0. The number of ether oxygens (including phenoxy) is 2. The van der Waals surface area contributed by atoms with E-state index in [2.05, 4.69) is 29.5 Å². The highest BCUT2D eigenvalue weighted by Crippen LogP contribution is 2.37. The van der Waals surface area contributed by atoms with Crippen LogP contribution in [0.2, 0.25) is 0 Å². The van der Waals surface area contributed by atoms with Crippen LogP contribution in [0.15, 0.2) is 0 Å². The molecule has 3 nitrogen and oxygen atoms in total. The van der Waals surface area contributed by atoms with Gasteiger partial charge in [0.15, 0.2) is 0 Å². The minimum absolute atomic E-state index is 0.0178. The Morgan fingerprint density at radius 3 is 2.88 bits per heavy atom. The van der Waals surface area contributed by atoms with Gasteiger partial charge in [-0.2, -0.15) is 0 Å². The number of fused-ring (bicyclic) bond motifs is 1. The van der Waals surface area contributed by atoms with Crippen LogP contribution in [-0.4, -0.2) is 28.2 Å². The van der Waals surface area contributed by atoms with Crippen LogP contribution in [0.1, 0.15) is 45.4 Å². The molecule has 16 heavy (non-hydrogen) atoms. The molecule has 2 rings (SSSR count). The van der Waals surface area contributed by atoms with Crippen molar-refractivity contribution in [2.24, 2.45) is 0 Å². The van der Waals surface area contributed by atoms with Gasteiger partial charge >= 0.3 is 5.97 Å². The molecule has 2 fully saturated rings. The molecule has 2 heterocycles. The standard InChI is InChI=1S/C12H19IO3/c1-2-3-4-5-6-8-11(13)12-9(15-8)7-10(14)16-12/h8-9,11-12H,2-7H2,1H3/t8-,9+,11-,12-/m0/s1. The number of hydrogen-bond donors (Lipinski definition) is 0. The van der Waals surface area contributed by atoms with Crippen molar-refractivity contribution in [3.05, 3.63) is 0 Å². The van der Waals surface area contributed by atoms with E-state index in [1.165, 1.54) is 25.7 Å². The molecule has 0 aromatic rings. The molecule has 2 saturated heterocycles. The van der Waals surface area contributed by atoms with Gasteiger partial charge in [0, 0.05) is 0 Å². The Kier molecular flexibility index (Phi) is 4.47. The second-order valence-electron chi connectivity index (χ2n) is 4.67. The first-order valence-corrected chi connectivity index (χ1v) is 7.46. The number of halogens is 1. The molecule has 2 aliphatic rings. The zero-order valence-corrected chi connectivity index (χ0v) is 11.8. The first kappa shape index (κ1) is 12.6. The van der Waals surface area contributed by atoms with E-state index in [1.807, 2.05) is 0 Å². The molecule has 0 aromatic carbocycles. The van der Waals surface area contributed by atoms with Gasteiger partial charge in [-0.15, -0.1) is 0 Å². The molecule has 0 aliphatic carbocycles. The molecular formula is C12H19IO3. The van der Waals surface area contributed by atoms with E-state index in [4.69, 9.17) is 9.47 Å². The van der Waals surface area contributed by atoms with Crippen LogP contribution in [0, 0.1) is 0 Å². The monoisotopic (exact) mass is 338 g/mol. The van der Waals surface area contributed by atoms with Gasteiger partial charge in [0.25, 0.3) is 0 Å².